The number of aryl methyl sites for hydroxylation is 1. The van der Waals surface area contributed by atoms with E-state index in [2.05, 4.69) is 5.32 Å². The number of rotatable bonds is 7. The molecule has 1 fully saturated rings. The summed E-state index contributed by atoms with van der Waals surface area (Å²) in [5.74, 6) is -0.294. The van der Waals surface area contributed by atoms with E-state index in [4.69, 9.17) is 11.6 Å². The third-order valence-corrected chi connectivity index (χ3v) is 4.77. The summed E-state index contributed by atoms with van der Waals surface area (Å²) < 4.78 is 0. The van der Waals surface area contributed by atoms with Gasteiger partial charge >= 0.3 is 0 Å². The highest BCUT2D eigenvalue weighted by atomic mass is 35.5. The maximum Gasteiger partial charge on any atom is 0.229 e. The standard InChI is InChI=1S/C21H21ClN2O3/c22-17-8-4-15(5-9-17)2-1-3-19(25)23-18-10-6-16(7-11-18)14-24-20(26)12-13-21(24)27/h4-11H,1-3,12-14H2,(H,23,25). The predicted octanol–water partition coefficient (Wildman–Crippen LogP) is 3.95. The molecular weight excluding hydrogens is 364 g/mol. The predicted molar refractivity (Wildman–Crippen MR) is 104 cm³/mol. The second-order valence-corrected chi connectivity index (χ2v) is 7.04. The van der Waals surface area contributed by atoms with Gasteiger partial charge in [0.1, 0.15) is 0 Å². The molecule has 0 aromatic heterocycles. The Morgan fingerprint density at radius 2 is 1.52 bits per heavy atom. The van der Waals surface area contributed by atoms with Gasteiger partial charge in [0.2, 0.25) is 17.7 Å². The van der Waals surface area contributed by atoms with Crippen LogP contribution in [0.4, 0.5) is 5.69 Å². The van der Waals surface area contributed by atoms with Gasteiger partial charge in [0.25, 0.3) is 0 Å². The Morgan fingerprint density at radius 1 is 0.926 bits per heavy atom. The second kappa shape index (κ2) is 8.82. The van der Waals surface area contributed by atoms with Gasteiger partial charge in [0, 0.05) is 30.0 Å². The maximum atomic E-state index is 12.1. The van der Waals surface area contributed by atoms with Gasteiger partial charge < -0.3 is 5.32 Å². The highest BCUT2D eigenvalue weighted by molar-refractivity contribution is 6.30. The normalized spacial score (nSPS) is 13.9. The fourth-order valence-electron chi connectivity index (χ4n) is 3.00. The van der Waals surface area contributed by atoms with Crippen LogP contribution in [0.25, 0.3) is 0 Å². The topological polar surface area (TPSA) is 66.5 Å². The van der Waals surface area contributed by atoms with Crippen molar-refractivity contribution in [2.75, 3.05) is 5.32 Å². The summed E-state index contributed by atoms with van der Waals surface area (Å²) in [5, 5.41) is 3.58. The van der Waals surface area contributed by atoms with E-state index in [0.717, 1.165) is 24.0 Å². The van der Waals surface area contributed by atoms with E-state index in [0.29, 0.717) is 30.0 Å². The highest BCUT2D eigenvalue weighted by Crippen LogP contribution is 2.18. The Kier molecular flexibility index (Phi) is 6.24. The number of nitrogens with zero attached hydrogens (tertiary/aromatic N) is 1. The number of imide groups is 1. The maximum absolute atomic E-state index is 12.1. The summed E-state index contributed by atoms with van der Waals surface area (Å²) >= 11 is 5.86. The first-order valence-corrected chi connectivity index (χ1v) is 9.35. The van der Waals surface area contributed by atoms with Crippen LogP contribution in [-0.4, -0.2) is 22.6 Å². The molecule has 0 atom stereocenters. The molecule has 0 unspecified atom stereocenters. The van der Waals surface area contributed by atoms with Gasteiger partial charge in [-0.05, 0) is 48.2 Å². The fourth-order valence-corrected chi connectivity index (χ4v) is 3.13. The van der Waals surface area contributed by atoms with Crippen LogP contribution in [0.5, 0.6) is 0 Å². The van der Waals surface area contributed by atoms with Gasteiger partial charge in [-0.3, -0.25) is 19.3 Å². The molecule has 0 bridgehead atoms. The highest BCUT2D eigenvalue weighted by Gasteiger charge is 2.28. The van der Waals surface area contributed by atoms with Crippen molar-refractivity contribution in [2.24, 2.45) is 0 Å². The molecule has 1 saturated heterocycles. The minimum atomic E-state index is -0.127. The van der Waals surface area contributed by atoms with Crippen molar-refractivity contribution in [3.63, 3.8) is 0 Å². The summed E-state index contributed by atoms with van der Waals surface area (Å²) in [6.07, 6.45) is 2.60. The zero-order valence-electron chi connectivity index (χ0n) is 14.9. The number of benzene rings is 2. The first kappa shape index (κ1) is 19.1. The monoisotopic (exact) mass is 384 g/mol. The zero-order chi connectivity index (χ0) is 19.2. The third kappa shape index (κ3) is 5.41. The molecule has 140 valence electrons. The van der Waals surface area contributed by atoms with Crippen molar-refractivity contribution < 1.29 is 14.4 Å². The Labute approximate surface area is 163 Å². The average Bonchev–Trinajstić information content (AvgIpc) is 2.97. The van der Waals surface area contributed by atoms with Crippen LogP contribution in [-0.2, 0) is 27.3 Å². The van der Waals surface area contributed by atoms with Crippen molar-refractivity contribution in [1.82, 2.24) is 4.90 Å². The van der Waals surface area contributed by atoms with Crippen LogP contribution < -0.4 is 5.32 Å². The summed E-state index contributed by atoms with van der Waals surface area (Å²) in [7, 11) is 0. The Balaban J connectivity index is 1.44. The Hall–Kier alpha value is -2.66. The van der Waals surface area contributed by atoms with Crippen LogP contribution in [0, 0.1) is 0 Å². The summed E-state index contributed by atoms with van der Waals surface area (Å²) in [4.78, 5) is 36.7. The van der Waals surface area contributed by atoms with E-state index in [-0.39, 0.29) is 24.3 Å². The van der Waals surface area contributed by atoms with Crippen molar-refractivity contribution in [3.8, 4) is 0 Å². The minimum absolute atomic E-state index is 0.0402. The number of carbonyl (C=O) groups is 3. The number of hydrogen-bond donors (Lipinski definition) is 1. The van der Waals surface area contributed by atoms with E-state index >= 15 is 0 Å². The van der Waals surface area contributed by atoms with Gasteiger partial charge in [0.05, 0.1) is 6.54 Å². The lowest BCUT2D eigenvalue weighted by atomic mass is 10.1. The van der Waals surface area contributed by atoms with Crippen LogP contribution in [0.2, 0.25) is 5.02 Å². The molecule has 3 amide bonds. The zero-order valence-corrected chi connectivity index (χ0v) is 15.7. The second-order valence-electron chi connectivity index (χ2n) is 6.60. The number of hydrogen-bond acceptors (Lipinski definition) is 3. The first-order valence-electron chi connectivity index (χ1n) is 8.98. The summed E-state index contributed by atoms with van der Waals surface area (Å²) in [5.41, 5.74) is 2.72. The molecule has 2 aromatic carbocycles. The molecule has 0 aliphatic carbocycles. The summed E-state index contributed by atoms with van der Waals surface area (Å²) in [6.45, 7) is 0.285. The van der Waals surface area contributed by atoms with E-state index in [1.807, 2.05) is 36.4 Å². The van der Waals surface area contributed by atoms with Crippen LogP contribution in [0.1, 0.15) is 36.8 Å². The number of carbonyl (C=O) groups excluding carboxylic acids is 3. The quantitative estimate of drug-likeness (QED) is 0.735. The number of nitrogens with one attached hydrogen (secondary N) is 1. The van der Waals surface area contributed by atoms with E-state index < -0.39 is 0 Å². The van der Waals surface area contributed by atoms with E-state index in [9.17, 15) is 14.4 Å². The molecule has 0 saturated carbocycles. The average molecular weight is 385 g/mol. The van der Waals surface area contributed by atoms with Crippen LogP contribution in [0.15, 0.2) is 48.5 Å². The Morgan fingerprint density at radius 3 is 2.15 bits per heavy atom. The lowest BCUT2D eigenvalue weighted by molar-refractivity contribution is -0.139. The third-order valence-electron chi connectivity index (χ3n) is 4.52. The van der Waals surface area contributed by atoms with Crippen molar-refractivity contribution >= 4 is 35.0 Å². The molecule has 3 rings (SSSR count). The summed E-state index contributed by atoms with van der Waals surface area (Å²) in [6, 6.07) is 14.9. The number of likely N-dealkylation sites (tertiary alicyclic amines) is 1. The first-order chi connectivity index (χ1) is 13.0. The molecular formula is C21H21ClN2O3. The van der Waals surface area contributed by atoms with Crippen molar-refractivity contribution in [3.05, 3.63) is 64.7 Å². The molecule has 1 aliphatic heterocycles. The molecule has 0 radical (unpaired) electrons. The molecule has 0 spiro atoms. The lowest BCUT2D eigenvalue weighted by Crippen LogP contribution is -2.28. The van der Waals surface area contributed by atoms with Crippen LogP contribution in [0.3, 0.4) is 0 Å². The molecule has 27 heavy (non-hydrogen) atoms. The van der Waals surface area contributed by atoms with Gasteiger partial charge in [-0.25, -0.2) is 0 Å². The number of halogens is 1. The lowest BCUT2D eigenvalue weighted by Gasteiger charge is -2.14. The fraction of sp³-hybridized carbons (Fsp3) is 0.286. The van der Waals surface area contributed by atoms with Crippen molar-refractivity contribution in [1.29, 1.82) is 0 Å². The van der Waals surface area contributed by atoms with E-state index in [1.165, 1.54) is 4.90 Å². The number of amides is 3. The molecule has 2 aromatic rings. The van der Waals surface area contributed by atoms with Gasteiger partial charge in [-0.2, -0.15) is 0 Å². The largest absolute Gasteiger partial charge is 0.326 e. The smallest absolute Gasteiger partial charge is 0.229 e. The van der Waals surface area contributed by atoms with Crippen molar-refractivity contribution in [2.45, 2.75) is 38.6 Å². The molecule has 1 heterocycles. The minimum Gasteiger partial charge on any atom is -0.326 e. The Bertz CT molecular complexity index is 816. The van der Waals surface area contributed by atoms with Gasteiger partial charge in [0.15, 0.2) is 0 Å². The van der Waals surface area contributed by atoms with Crippen LogP contribution >= 0.6 is 11.6 Å². The van der Waals surface area contributed by atoms with Gasteiger partial charge in [-0.15, -0.1) is 0 Å². The van der Waals surface area contributed by atoms with Gasteiger partial charge in [-0.1, -0.05) is 35.9 Å². The molecule has 6 heteroatoms. The molecule has 5 nitrogen and oxygen atoms in total. The molecule has 1 N–H and O–H groups in total. The van der Waals surface area contributed by atoms with E-state index in [1.54, 1.807) is 12.1 Å². The number of anilines is 1. The SMILES string of the molecule is O=C(CCCc1ccc(Cl)cc1)Nc1ccc(CN2C(=O)CCC2=O)cc1. The molecule has 1 aliphatic rings.